The minimum absolute atomic E-state index is 0.259. The van der Waals surface area contributed by atoms with E-state index < -0.39 is 0 Å². The predicted octanol–water partition coefficient (Wildman–Crippen LogP) is 3.08. The van der Waals surface area contributed by atoms with Crippen LogP contribution < -0.4 is 10.2 Å². The number of nitrogens with zero attached hydrogens (tertiary/aromatic N) is 2. The largest absolute Gasteiger partial charge is 0.356 e. The second kappa shape index (κ2) is 5.12. The second-order valence-corrected chi connectivity index (χ2v) is 6.05. The van der Waals surface area contributed by atoms with Gasteiger partial charge in [0.1, 0.15) is 5.82 Å². The first-order valence-electron chi connectivity index (χ1n) is 5.79. The molecule has 1 aliphatic rings. The summed E-state index contributed by atoms with van der Waals surface area (Å²) in [5, 5.41) is 4.06. The molecule has 1 aliphatic heterocycles. The van der Waals surface area contributed by atoms with Crippen LogP contribution in [0.3, 0.4) is 0 Å². The number of piperidine rings is 1. The van der Waals surface area contributed by atoms with Crippen molar-refractivity contribution in [2.45, 2.75) is 25.3 Å². The topological polar surface area (TPSA) is 28.2 Å². The van der Waals surface area contributed by atoms with Gasteiger partial charge in [-0.25, -0.2) is 4.98 Å². The van der Waals surface area contributed by atoms with E-state index in [0.717, 1.165) is 36.2 Å². The number of aromatic nitrogens is 1. The van der Waals surface area contributed by atoms with E-state index in [-0.39, 0.29) is 5.54 Å². The van der Waals surface area contributed by atoms with Crippen molar-refractivity contribution in [2.75, 3.05) is 25.0 Å². The third kappa shape index (κ3) is 2.92. The third-order valence-corrected chi connectivity index (χ3v) is 4.35. The Morgan fingerprint density at radius 3 is 2.65 bits per heavy atom. The van der Waals surface area contributed by atoms with Gasteiger partial charge in [-0.1, -0.05) is 11.6 Å². The molecule has 94 valence electrons. The molecular weight excluding hydrogens is 302 g/mol. The van der Waals surface area contributed by atoms with Crippen LogP contribution in [0, 0.1) is 0 Å². The van der Waals surface area contributed by atoms with Gasteiger partial charge in [-0.05, 0) is 48.8 Å². The average Bonchev–Trinajstić information content (AvgIpc) is 2.31. The van der Waals surface area contributed by atoms with E-state index in [1.165, 1.54) is 0 Å². The summed E-state index contributed by atoms with van der Waals surface area (Å²) in [7, 11) is 2.03. The summed E-state index contributed by atoms with van der Waals surface area (Å²) in [6.45, 7) is 4.31. The van der Waals surface area contributed by atoms with Gasteiger partial charge in [-0.3, -0.25) is 0 Å². The first-order chi connectivity index (χ1) is 8.04. The minimum Gasteiger partial charge on any atom is -0.356 e. The van der Waals surface area contributed by atoms with E-state index in [1.807, 2.05) is 13.1 Å². The summed E-state index contributed by atoms with van der Waals surface area (Å²) in [4.78, 5) is 6.71. The maximum Gasteiger partial charge on any atom is 0.142 e. The van der Waals surface area contributed by atoms with Crippen molar-refractivity contribution in [1.82, 2.24) is 10.3 Å². The van der Waals surface area contributed by atoms with Crippen molar-refractivity contribution < 1.29 is 0 Å². The molecule has 1 aromatic heterocycles. The molecule has 0 saturated carbocycles. The Balaban J connectivity index is 2.10. The standard InChI is InChI=1S/C12H17BrClN3/c1-12(15-2)3-5-17(6-4-12)11-10(13)7-9(14)8-16-11/h7-8,15H,3-6H2,1-2H3. The lowest BCUT2D eigenvalue weighted by Crippen LogP contribution is -2.50. The van der Waals surface area contributed by atoms with Crippen LogP contribution in [0.5, 0.6) is 0 Å². The Kier molecular flexibility index (Phi) is 3.95. The van der Waals surface area contributed by atoms with Crippen LogP contribution in [0.2, 0.25) is 5.02 Å². The maximum atomic E-state index is 5.90. The van der Waals surface area contributed by atoms with Crippen molar-refractivity contribution in [3.05, 3.63) is 21.8 Å². The molecule has 17 heavy (non-hydrogen) atoms. The first-order valence-corrected chi connectivity index (χ1v) is 6.96. The van der Waals surface area contributed by atoms with Gasteiger partial charge in [0.25, 0.3) is 0 Å². The normalized spacial score (nSPS) is 19.4. The first kappa shape index (κ1) is 13.1. The summed E-state index contributed by atoms with van der Waals surface area (Å²) >= 11 is 9.43. The van der Waals surface area contributed by atoms with Crippen molar-refractivity contribution >= 4 is 33.3 Å². The second-order valence-electron chi connectivity index (χ2n) is 4.76. The lowest BCUT2D eigenvalue weighted by molar-refractivity contribution is 0.304. The van der Waals surface area contributed by atoms with Gasteiger partial charge in [0.15, 0.2) is 0 Å². The summed E-state index contributed by atoms with van der Waals surface area (Å²) in [5.41, 5.74) is 0.259. The number of halogens is 2. The zero-order chi connectivity index (χ0) is 12.5. The Morgan fingerprint density at radius 2 is 2.12 bits per heavy atom. The van der Waals surface area contributed by atoms with Crippen LogP contribution >= 0.6 is 27.5 Å². The molecular formula is C12H17BrClN3. The van der Waals surface area contributed by atoms with Crippen LogP contribution in [0.1, 0.15) is 19.8 Å². The molecule has 2 heterocycles. The average molecular weight is 319 g/mol. The summed E-state index contributed by atoms with van der Waals surface area (Å²) in [5.74, 6) is 0.993. The van der Waals surface area contributed by atoms with Crippen molar-refractivity contribution in [2.24, 2.45) is 0 Å². The molecule has 0 amide bonds. The van der Waals surface area contributed by atoms with E-state index >= 15 is 0 Å². The highest BCUT2D eigenvalue weighted by molar-refractivity contribution is 9.10. The number of hydrogen-bond donors (Lipinski definition) is 1. The quantitative estimate of drug-likeness (QED) is 0.908. The molecule has 0 aromatic carbocycles. The highest BCUT2D eigenvalue weighted by Crippen LogP contribution is 2.30. The summed E-state index contributed by atoms with van der Waals surface area (Å²) in [6.07, 6.45) is 3.95. The molecule has 1 N–H and O–H groups in total. The highest BCUT2D eigenvalue weighted by Gasteiger charge is 2.29. The van der Waals surface area contributed by atoms with Crippen molar-refractivity contribution in [3.8, 4) is 0 Å². The minimum atomic E-state index is 0.259. The Hall–Kier alpha value is -0.320. The number of hydrogen-bond acceptors (Lipinski definition) is 3. The number of pyridine rings is 1. The lowest BCUT2D eigenvalue weighted by Gasteiger charge is -2.40. The molecule has 0 unspecified atom stereocenters. The molecule has 2 rings (SSSR count). The zero-order valence-corrected chi connectivity index (χ0v) is 12.5. The number of rotatable bonds is 2. The van der Waals surface area contributed by atoms with Crippen LogP contribution in [0.25, 0.3) is 0 Å². The van der Waals surface area contributed by atoms with E-state index in [9.17, 15) is 0 Å². The Morgan fingerprint density at radius 1 is 1.47 bits per heavy atom. The van der Waals surface area contributed by atoms with Gasteiger partial charge in [0, 0.05) is 24.8 Å². The lowest BCUT2D eigenvalue weighted by atomic mass is 9.90. The van der Waals surface area contributed by atoms with Crippen molar-refractivity contribution in [3.63, 3.8) is 0 Å². The molecule has 0 aliphatic carbocycles. The predicted molar refractivity (Wildman–Crippen MR) is 75.9 cm³/mol. The van der Waals surface area contributed by atoms with Crippen LogP contribution in [-0.4, -0.2) is 30.7 Å². The molecule has 5 heteroatoms. The Labute approximate surface area is 116 Å². The number of nitrogens with one attached hydrogen (secondary N) is 1. The Bertz CT molecular complexity index is 403. The van der Waals surface area contributed by atoms with Gasteiger partial charge in [-0.2, -0.15) is 0 Å². The molecule has 0 atom stereocenters. The summed E-state index contributed by atoms with van der Waals surface area (Å²) in [6, 6.07) is 1.90. The fraction of sp³-hybridized carbons (Fsp3) is 0.583. The van der Waals surface area contributed by atoms with Crippen molar-refractivity contribution in [1.29, 1.82) is 0 Å². The molecule has 1 fully saturated rings. The smallest absolute Gasteiger partial charge is 0.142 e. The molecule has 1 aromatic rings. The van der Waals surface area contributed by atoms with Gasteiger partial charge in [0.2, 0.25) is 0 Å². The van der Waals surface area contributed by atoms with E-state index in [4.69, 9.17) is 11.6 Å². The fourth-order valence-electron chi connectivity index (χ4n) is 2.10. The molecule has 0 bridgehead atoms. The number of anilines is 1. The third-order valence-electron chi connectivity index (χ3n) is 3.56. The van der Waals surface area contributed by atoms with Gasteiger partial charge >= 0.3 is 0 Å². The molecule has 1 saturated heterocycles. The van der Waals surface area contributed by atoms with Crippen LogP contribution in [0.4, 0.5) is 5.82 Å². The van der Waals surface area contributed by atoms with E-state index in [2.05, 4.69) is 38.1 Å². The molecule has 3 nitrogen and oxygen atoms in total. The van der Waals surface area contributed by atoms with E-state index in [0.29, 0.717) is 5.02 Å². The maximum absolute atomic E-state index is 5.90. The summed E-state index contributed by atoms with van der Waals surface area (Å²) < 4.78 is 0.970. The highest BCUT2D eigenvalue weighted by atomic mass is 79.9. The van der Waals surface area contributed by atoms with Gasteiger partial charge < -0.3 is 10.2 Å². The monoisotopic (exact) mass is 317 g/mol. The van der Waals surface area contributed by atoms with Gasteiger partial charge in [0.05, 0.1) is 9.50 Å². The molecule has 0 spiro atoms. The van der Waals surface area contributed by atoms with Crippen LogP contribution in [0.15, 0.2) is 16.7 Å². The molecule has 0 radical (unpaired) electrons. The zero-order valence-electron chi connectivity index (χ0n) is 10.1. The van der Waals surface area contributed by atoms with Gasteiger partial charge in [-0.15, -0.1) is 0 Å². The van der Waals surface area contributed by atoms with Crippen LogP contribution in [-0.2, 0) is 0 Å². The van der Waals surface area contributed by atoms with E-state index in [1.54, 1.807) is 6.20 Å². The fourth-order valence-corrected chi connectivity index (χ4v) is 2.99. The SMILES string of the molecule is CNC1(C)CCN(c2ncc(Cl)cc2Br)CC1.